The number of nitrogens with one attached hydrogen (secondary N) is 1. The molecule has 0 fully saturated rings. The molecule has 120 valence electrons. The quantitative estimate of drug-likeness (QED) is 0.558. The second kappa shape index (κ2) is 6.09. The second-order valence-corrected chi connectivity index (χ2v) is 6.64. The molecule has 0 aliphatic heterocycles. The van der Waals surface area contributed by atoms with Crippen LogP contribution in [0.5, 0.6) is 0 Å². The summed E-state index contributed by atoms with van der Waals surface area (Å²) in [4.78, 5) is 9.85. The number of aromatic nitrogens is 2. The highest BCUT2D eigenvalue weighted by Gasteiger charge is 2.13. The molecule has 0 saturated carbocycles. The fraction of sp³-hybridized carbons (Fsp3) is 0.158. The van der Waals surface area contributed by atoms with Crippen LogP contribution in [0.25, 0.3) is 21.3 Å². The predicted octanol–water partition coefficient (Wildman–Crippen LogP) is 5.18. The number of fused-ring (bicyclic) bond motifs is 1. The average molecular weight is 335 g/mol. The lowest BCUT2D eigenvalue weighted by Gasteiger charge is -2.08. The van der Waals surface area contributed by atoms with Gasteiger partial charge in [-0.1, -0.05) is 18.2 Å². The van der Waals surface area contributed by atoms with Crippen molar-refractivity contribution in [3.63, 3.8) is 0 Å². The number of anilines is 1. The molecule has 1 N–H and O–H groups in total. The Morgan fingerprint density at radius 3 is 2.83 bits per heavy atom. The zero-order valence-corrected chi connectivity index (χ0v) is 14.4. The lowest BCUT2D eigenvalue weighted by molar-refractivity contribution is 0.518. The maximum atomic E-state index is 5.39. The highest BCUT2D eigenvalue weighted by molar-refractivity contribution is 7.17. The summed E-state index contributed by atoms with van der Waals surface area (Å²) in [5.41, 5.74) is 4.94. The van der Waals surface area contributed by atoms with Crippen molar-refractivity contribution >= 4 is 27.4 Å². The van der Waals surface area contributed by atoms with Crippen molar-refractivity contribution in [3.05, 3.63) is 65.2 Å². The zero-order chi connectivity index (χ0) is 16.5. The zero-order valence-electron chi connectivity index (χ0n) is 13.5. The number of hydrogen-bond acceptors (Lipinski definition) is 5. The monoisotopic (exact) mass is 335 g/mol. The number of rotatable bonds is 4. The molecule has 3 aromatic heterocycles. The minimum absolute atomic E-state index is 0.599. The van der Waals surface area contributed by atoms with Gasteiger partial charge in [0.05, 0.1) is 18.2 Å². The van der Waals surface area contributed by atoms with E-state index in [1.165, 1.54) is 22.3 Å². The molecular weight excluding hydrogens is 318 g/mol. The molecule has 3 heterocycles. The normalized spacial score (nSPS) is 11.1. The van der Waals surface area contributed by atoms with Crippen molar-refractivity contribution in [1.82, 2.24) is 9.97 Å². The van der Waals surface area contributed by atoms with Gasteiger partial charge in [-0.05, 0) is 42.7 Å². The van der Waals surface area contributed by atoms with E-state index in [1.807, 2.05) is 12.1 Å². The number of benzene rings is 1. The minimum Gasteiger partial charge on any atom is -0.467 e. The van der Waals surface area contributed by atoms with Crippen molar-refractivity contribution in [2.24, 2.45) is 0 Å². The molecule has 0 bridgehead atoms. The van der Waals surface area contributed by atoms with Crippen molar-refractivity contribution in [3.8, 4) is 11.1 Å². The summed E-state index contributed by atoms with van der Waals surface area (Å²) in [5.74, 6) is 1.72. The molecule has 0 unspecified atom stereocenters. The largest absolute Gasteiger partial charge is 0.467 e. The Hall–Kier alpha value is -2.66. The maximum Gasteiger partial charge on any atom is 0.139 e. The van der Waals surface area contributed by atoms with E-state index in [2.05, 4.69) is 52.7 Å². The SMILES string of the molecule is Cc1ccc(-c2csc3ncnc(NCc4ccco4)c23)cc1C. The third kappa shape index (κ3) is 2.67. The summed E-state index contributed by atoms with van der Waals surface area (Å²) in [6.45, 7) is 4.87. The van der Waals surface area contributed by atoms with Crippen molar-refractivity contribution in [2.45, 2.75) is 20.4 Å². The van der Waals surface area contributed by atoms with E-state index in [1.54, 1.807) is 23.9 Å². The van der Waals surface area contributed by atoms with E-state index >= 15 is 0 Å². The van der Waals surface area contributed by atoms with E-state index < -0.39 is 0 Å². The molecule has 0 atom stereocenters. The van der Waals surface area contributed by atoms with Crippen LogP contribution in [0.15, 0.2) is 52.7 Å². The van der Waals surface area contributed by atoms with Gasteiger partial charge in [0.1, 0.15) is 22.7 Å². The molecule has 0 saturated heterocycles. The standard InChI is InChI=1S/C19H17N3OS/c1-12-5-6-14(8-13(12)2)16-10-24-19-17(16)18(21-11-22-19)20-9-15-4-3-7-23-15/h3-8,10-11H,9H2,1-2H3,(H,20,21,22). The average Bonchev–Trinajstić information content (AvgIpc) is 3.25. The molecule has 0 amide bonds. The third-order valence-corrected chi connectivity index (χ3v) is 5.08. The van der Waals surface area contributed by atoms with Gasteiger partial charge in [0.2, 0.25) is 0 Å². The maximum absolute atomic E-state index is 5.39. The van der Waals surface area contributed by atoms with Crippen molar-refractivity contribution < 1.29 is 4.42 Å². The van der Waals surface area contributed by atoms with Crippen molar-refractivity contribution in [1.29, 1.82) is 0 Å². The summed E-state index contributed by atoms with van der Waals surface area (Å²) in [6.07, 6.45) is 3.28. The van der Waals surface area contributed by atoms with Gasteiger partial charge in [-0.15, -0.1) is 11.3 Å². The van der Waals surface area contributed by atoms with E-state index in [4.69, 9.17) is 4.42 Å². The summed E-state index contributed by atoms with van der Waals surface area (Å²) in [7, 11) is 0. The number of nitrogens with zero attached hydrogens (tertiary/aromatic N) is 2. The molecule has 0 spiro atoms. The number of aryl methyl sites for hydroxylation is 2. The second-order valence-electron chi connectivity index (χ2n) is 5.78. The molecule has 0 radical (unpaired) electrons. The predicted molar refractivity (Wildman–Crippen MR) is 98.4 cm³/mol. The minimum atomic E-state index is 0.599. The van der Waals surface area contributed by atoms with E-state index in [9.17, 15) is 0 Å². The first kappa shape index (κ1) is 14.9. The van der Waals surface area contributed by atoms with Gasteiger partial charge in [-0.3, -0.25) is 0 Å². The lowest BCUT2D eigenvalue weighted by Crippen LogP contribution is -2.01. The van der Waals surface area contributed by atoms with Gasteiger partial charge in [-0.25, -0.2) is 9.97 Å². The third-order valence-electron chi connectivity index (χ3n) is 4.20. The fourth-order valence-electron chi connectivity index (χ4n) is 2.71. The topological polar surface area (TPSA) is 51.0 Å². The van der Waals surface area contributed by atoms with E-state index in [0.29, 0.717) is 6.54 Å². The van der Waals surface area contributed by atoms with Gasteiger partial charge >= 0.3 is 0 Å². The summed E-state index contributed by atoms with van der Waals surface area (Å²) in [6, 6.07) is 10.4. The van der Waals surface area contributed by atoms with Crippen LogP contribution in [0.1, 0.15) is 16.9 Å². The fourth-order valence-corrected chi connectivity index (χ4v) is 3.63. The highest BCUT2D eigenvalue weighted by atomic mass is 32.1. The van der Waals surface area contributed by atoms with Crippen LogP contribution >= 0.6 is 11.3 Å². The Bertz CT molecular complexity index is 989. The van der Waals surface area contributed by atoms with Crippen LogP contribution < -0.4 is 5.32 Å². The number of hydrogen-bond donors (Lipinski definition) is 1. The van der Waals surface area contributed by atoms with Gasteiger partial charge in [-0.2, -0.15) is 0 Å². The van der Waals surface area contributed by atoms with Gasteiger partial charge in [0.15, 0.2) is 0 Å². The van der Waals surface area contributed by atoms with Gasteiger partial charge in [0, 0.05) is 10.9 Å². The van der Waals surface area contributed by atoms with Gasteiger partial charge in [0.25, 0.3) is 0 Å². The first-order valence-electron chi connectivity index (χ1n) is 7.78. The van der Waals surface area contributed by atoms with Gasteiger partial charge < -0.3 is 9.73 Å². The molecule has 0 aliphatic carbocycles. The Morgan fingerprint density at radius 1 is 1.12 bits per heavy atom. The van der Waals surface area contributed by atoms with E-state index in [0.717, 1.165) is 21.8 Å². The molecule has 5 heteroatoms. The molecule has 4 nitrogen and oxygen atoms in total. The number of furan rings is 1. The van der Waals surface area contributed by atoms with E-state index in [-0.39, 0.29) is 0 Å². The Labute approximate surface area is 144 Å². The molecule has 4 rings (SSSR count). The number of thiophene rings is 1. The summed E-state index contributed by atoms with van der Waals surface area (Å²) in [5, 5.41) is 6.60. The Balaban J connectivity index is 1.77. The smallest absolute Gasteiger partial charge is 0.139 e. The van der Waals surface area contributed by atoms with Crippen LogP contribution in [0, 0.1) is 13.8 Å². The first-order chi connectivity index (χ1) is 11.7. The molecule has 0 aliphatic rings. The Kier molecular flexibility index (Phi) is 3.78. The van der Waals surface area contributed by atoms with Crippen LogP contribution in [-0.2, 0) is 6.54 Å². The van der Waals surface area contributed by atoms with Crippen LogP contribution in [0.3, 0.4) is 0 Å². The molecule has 4 aromatic rings. The molecule has 1 aromatic carbocycles. The lowest BCUT2D eigenvalue weighted by atomic mass is 10.0. The molecule has 24 heavy (non-hydrogen) atoms. The van der Waals surface area contributed by atoms with Crippen LogP contribution in [0.4, 0.5) is 5.82 Å². The van der Waals surface area contributed by atoms with Crippen LogP contribution in [0.2, 0.25) is 0 Å². The summed E-state index contributed by atoms with van der Waals surface area (Å²) >= 11 is 1.64. The highest BCUT2D eigenvalue weighted by Crippen LogP contribution is 2.37. The summed E-state index contributed by atoms with van der Waals surface area (Å²) < 4.78 is 5.39. The molecular formula is C19H17N3OS. The van der Waals surface area contributed by atoms with Crippen LogP contribution in [-0.4, -0.2) is 9.97 Å². The Morgan fingerprint density at radius 2 is 2.04 bits per heavy atom. The first-order valence-corrected chi connectivity index (χ1v) is 8.66. The van der Waals surface area contributed by atoms with Crippen molar-refractivity contribution in [2.75, 3.05) is 5.32 Å².